The van der Waals surface area contributed by atoms with Gasteiger partial charge >= 0.3 is 5.91 Å². The first kappa shape index (κ1) is 24.6. The van der Waals surface area contributed by atoms with E-state index in [1.54, 1.807) is 19.1 Å². The number of carbonyl (C=O) groups excluding carboxylic acids is 3. The molecule has 3 amide bonds. The van der Waals surface area contributed by atoms with E-state index in [2.05, 4.69) is 10.5 Å². The van der Waals surface area contributed by atoms with Crippen LogP contribution < -0.4 is 10.3 Å². The zero-order valence-electron chi connectivity index (χ0n) is 21.7. The molecule has 0 unspecified atom stereocenters. The largest absolute Gasteiger partial charge is 0.456 e. The molecule has 4 aliphatic rings. The van der Waals surface area contributed by atoms with Gasteiger partial charge in [0.25, 0.3) is 5.69 Å². The summed E-state index contributed by atoms with van der Waals surface area (Å²) >= 11 is 0. The topological polar surface area (TPSA) is 135 Å². The van der Waals surface area contributed by atoms with Crippen LogP contribution in [0.25, 0.3) is 0 Å². The van der Waals surface area contributed by atoms with Gasteiger partial charge in [0.2, 0.25) is 11.8 Å². The van der Waals surface area contributed by atoms with Crippen LogP contribution in [0.5, 0.6) is 0 Å². The van der Waals surface area contributed by atoms with E-state index in [1.807, 2.05) is 48.5 Å². The van der Waals surface area contributed by atoms with Crippen molar-refractivity contribution in [2.45, 2.75) is 18.3 Å². The maximum atomic E-state index is 14.4. The van der Waals surface area contributed by atoms with Gasteiger partial charge in [-0.25, -0.2) is 10.3 Å². The average Bonchev–Trinajstić information content (AvgIpc) is 3.54. The fourth-order valence-corrected chi connectivity index (χ4v) is 6.90. The van der Waals surface area contributed by atoms with Crippen molar-refractivity contribution >= 4 is 35.3 Å². The summed E-state index contributed by atoms with van der Waals surface area (Å²) in [6.07, 6.45) is 1.53. The Morgan fingerprint density at radius 1 is 0.951 bits per heavy atom. The lowest BCUT2D eigenvalue weighted by atomic mass is 9.47. The summed E-state index contributed by atoms with van der Waals surface area (Å²) in [6.45, 7) is 1.72. The lowest BCUT2D eigenvalue weighted by Gasteiger charge is -2.52. The number of nitrogens with zero attached hydrogens (tertiary/aromatic N) is 3. The number of hydrazone groups is 1. The number of carbonyl (C=O) groups is 3. The van der Waals surface area contributed by atoms with Gasteiger partial charge < -0.3 is 4.42 Å². The van der Waals surface area contributed by atoms with E-state index in [9.17, 15) is 24.5 Å². The van der Waals surface area contributed by atoms with Crippen LogP contribution in [-0.2, 0) is 15.0 Å². The SMILES string of the molecule is Cc1ccc(C(=O)N/N=C\C23c4ccccc4C(c4ccccc42)[C@@H]2C(=O)N(c4ccccc4[N+](=O)[O-])C(=O)[C@H]23)o1. The molecule has 1 N–H and O–H groups in total. The number of furan rings is 1. The molecule has 2 heterocycles. The van der Waals surface area contributed by atoms with Gasteiger partial charge in [-0.05, 0) is 47.4 Å². The molecule has 0 spiro atoms. The lowest BCUT2D eigenvalue weighted by molar-refractivity contribution is -0.384. The van der Waals surface area contributed by atoms with Crippen LogP contribution in [0, 0.1) is 28.9 Å². The number of para-hydroxylation sites is 2. The monoisotopic (exact) mass is 546 g/mol. The summed E-state index contributed by atoms with van der Waals surface area (Å²) in [7, 11) is 0. The van der Waals surface area contributed by atoms with Gasteiger partial charge in [0.1, 0.15) is 11.4 Å². The average molecular weight is 547 g/mol. The fourth-order valence-electron chi connectivity index (χ4n) is 6.90. The molecule has 10 heteroatoms. The van der Waals surface area contributed by atoms with Crippen LogP contribution in [0.15, 0.2) is 94.4 Å². The van der Waals surface area contributed by atoms with E-state index >= 15 is 0 Å². The van der Waals surface area contributed by atoms with Crippen LogP contribution in [0.3, 0.4) is 0 Å². The van der Waals surface area contributed by atoms with Crippen molar-refractivity contribution in [3.63, 3.8) is 0 Å². The van der Waals surface area contributed by atoms with Crippen molar-refractivity contribution in [2.75, 3.05) is 4.90 Å². The molecule has 41 heavy (non-hydrogen) atoms. The molecular formula is C31H22N4O6. The Hall–Kier alpha value is -5.38. The first-order valence-corrected chi connectivity index (χ1v) is 13.1. The second kappa shape index (κ2) is 8.82. The molecule has 2 bridgehead atoms. The molecular weight excluding hydrogens is 524 g/mol. The first-order valence-electron chi connectivity index (χ1n) is 13.1. The highest BCUT2D eigenvalue weighted by Gasteiger charge is 2.68. The van der Waals surface area contributed by atoms with Gasteiger partial charge in [-0.2, -0.15) is 5.10 Å². The molecule has 1 aliphatic heterocycles. The van der Waals surface area contributed by atoms with Crippen molar-refractivity contribution in [2.24, 2.45) is 16.9 Å². The minimum absolute atomic E-state index is 0.0667. The highest BCUT2D eigenvalue weighted by atomic mass is 16.6. The van der Waals surface area contributed by atoms with Gasteiger partial charge in [0.15, 0.2) is 5.76 Å². The molecule has 0 saturated carbocycles. The summed E-state index contributed by atoms with van der Waals surface area (Å²) in [4.78, 5) is 53.6. The van der Waals surface area contributed by atoms with Crippen molar-refractivity contribution < 1.29 is 23.7 Å². The van der Waals surface area contributed by atoms with E-state index in [4.69, 9.17) is 4.42 Å². The summed E-state index contributed by atoms with van der Waals surface area (Å²) in [5.74, 6) is -3.19. The van der Waals surface area contributed by atoms with E-state index in [-0.39, 0.29) is 17.1 Å². The lowest BCUT2D eigenvalue weighted by Crippen LogP contribution is -2.54. The minimum Gasteiger partial charge on any atom is -0.456 e. The van der Waals surface area contributed by atoms with Gasteiger partial charge in [-0.3, -0.25) is 24.5 Å². The smallest absolute Gasteiger partial charge is 0.307 e. The second-order valence-electron chi connectivity index (χ2n) is 10.4. The standard InChI is InChI=1S/C31H22N4O6/c1-17-14-15-24(41-17)28(36)33-32-16-31-20-10-4-2-8-18(20)25(19-9-3-5-11-21(19)31)26-27(31)30(38)34(29(26)37)22-12-6-7-13-23(22)35(39)40/h2-16,25-27H,1H3,(H,33,36)/b32-16-/t25?,26-,27-,31?/m0/s1. The summed E-state index contributed by atoms with van der Waals surface area (Å²) in [5.41, 5.74) is 4.21. The molecule has 4 aromatic rings. The fraction of sp³-hybridized carbons (Fsp3) is 0.161. The van der Waals surface area contributed by atoms with Crippen LogP contribution >= 0.6 is 0 Å². The third-order valence-corrected chi connectivity index (χ3v) is 8.40. The van der Waals surface area contributed by atoms with Crippen molar-refractivity contribution in [1.82, 2.24) is 5.43 Å². The Bertz CT molecular complexity index is 1780. The van der Waals surface area contributed by atoms with E-state index in [1.165, 1.54) is 30.5 Å². The van der Waals surface area contributed by atoms with E-state index in [0.717, 1.165) is 27.2 Å². The predicted molar refractivity (Wildman–Crippen MR) is 147 cm³/mol. The number of hydrogen-bond donors (Lipinski definition) is 1. The van der Waals surface area contributed by atoms with Crippen LogP contribution in [0.2, 0.25) is 0 Å². The minimum atomic E-state index is -1.23. The molecule has 3 aromatic carbocycles. The molecule has 1 aromatic heterocycles. The van der Waals surface area contributed by atoms with E-state index < -0.39 is 45.8 Å². The number of nitrogens with one attached hydrogen (secondary N) is 1. The highest BCUT2D eigenvalue weighted by molar-refractivity contribution is 6.25. The number of anilines is 1. The van der Waals surface area contributed by atoms with Crippen molar-refractivity contribution in [3.8, 4) is 0 Å². The normalized spacial score (nSPS) is 23.8. The number of aryl methyl sites for hydroxylation is 1. The molecule has 1 fully saturated rings. The number of benzene rings is 3. The van der Waals surface area contributed by atoms with Crippen LogP contribution in [0.1, 0.15) is 44.5 Å². The molecule has 10 nitrogen and oxygen atoms in total. The van der Waals surface area contributed by atoms with Gasteiger partial charge in [-0.15, -0.1) is 0 Å². The number of hydrogen-bond acceptors (Lipinski definition) is 7. The number of imide groups is 1. The Balaban J connectivity index is 1.42. The Morgan fingerprint density at radius 3 is 2.22 bits per heavy atom. The Labute approximate surface area is 233 Å². The number of amides is 3. The third kappa shape index (κ3) is 3.30. The molecule has 1 saturated heterocycles. The quantitative estimate of drug-likeness (QED) is 0.170. The maximum Gasteiger partial charge on any atom is 0.307 e. The summed E-state index contributed by atoms with van der Waals surface area (Å²) < 4.78 is 5.41. The second-order valence-corrected chi connectivity index (χ2v) is 10.4. The van der Waals surface area contributed by atoms with Crippen LogP contribution in [-0.4, -0.2) is 28.9 Å². The first-order chi connectivity index (χ1) is 19.8. The van der Waals surface area contributed by atoms with Gasteiger partial charge in [0, 0.05) is 18.2 Å². The highest BCUT2D eigenvalue weighted by Crippen LogP contribution is 2.63. The molecule has 0 radical (unpaired) electrons. The van der Waals surface area contributed by atoms with Crippen LogP contribution in [0.4, 0.5) is 11.4 Å². The van der Waals surface area contributed by atoms with Gasteiger partial charge in [-0.1, -0.05) is 60.7 Å². The zero-order chi connectivity index (χ0) is 28.5. The van der Waals surface area contributed by atoms with E-state index in [0.29, 0.717) is 5.76 Å². The molecule has 2 atom stereocenters. The van der Waals surface area contributed by atoms with Gasteiger partial charge in [0.05, 0.1) is 22.2 Å². The summed E-state index contributed by atoms with van der Waals surface area (Å²) in [6, 6.07) is 24.1. The number of rotatable bonds is 5. The Morgan fingerprint density at radius 2 is 1.59 bits per heavy atom. The van der Waals surface area contributed by atoms with Crippen molar-refractivity contribution in [1.29, 1.82) is 0 Å². The third-order valence-electron chi connectivity index (χ3n) is 8.40. The predicted octanol–water partition coefficient (Wildman–Crippen LogP) is 4.46. The number of nitro groups is 1. The summed E-state index contributed by atoms with van der Waals surface area (Å²) in [5, 5.41) is 16.2. The zero-order valence-corrected chi connectivity index (χ0v) is 21.7. The molecule has 202 valence electrons. The number of nitro benzene ring substituents is 1. The van der Waals surface area contributed by atoms with Crippen molar-refractivity contribution in [3.05, 3.63) is 129 Å². The molecule has 8 rings (SSSR count). The maximum absolute atomic E-state index is 14.4. The molecule has 3 aliphatic carbocycles. The Kier molecular flexibility index (Phi) is 5.30.